The molecule has 0 aliphatic heterocycles. The van der Waals surface area contributed by atoms with E-state index >= 15 is 0 Å². The first-order valence-corrected chi connectivity index (χ1v) is 5.77. The highest BCUT2D eigenvalue weighted by atomic mass is 16.5. The van der Waals surface area contributed by atoms with E-state index in [4.69, 9.17) is 9.47 Å². The van der Waals surface area contributed by atoms with Gasteiger partial charge in [0.25, 0.3) is 0 Å². The number of benzene rings is 1. The Balaban J connectivity index is 3.07. The summed E-state index contributed by atoms with van der Waals surface area (Å²) in [4.78, 5) is 10.8. The number of hydrogen-bond acceptors (Lipinski definition) is 3. The fraction of sp³-hybridized carbons (Fsp3) is 0.500. The number of rotatable bonds is 4. The molecule has 0 heterocycles. The van der Waals surface area contributed by atoms with Gasteiger partial charge in [-0.05, 0) is 52.8 Å². The van der Waals surface area contributed by atoms with Crippen LogP contribution in [-0.2, 0) is 0 Å². The molecule has 0 bridgehead atoms. The summed E-state index contributed by atoms with van der Waals surface area (Å²) in [6.07, 6.45) is 0.869. The van der Waals surface area contributed by atoms with Crippen molar-refractivity contribution in [2.45, 2.75) is 46.3 Å². The summed E-state index contributed by atoms with van der Waals surface area (Å²) in [6, 6.07) is 5.20. The lowest BCUT2D eigenvalue weighted by Gasteiger charge is -2.24. The molecule has 0 spiro atoms. The topological polar surface area (TPSA) is 35.5 Å². The van der Waals surface area contributed by atoms with E-state index in [2.05, 4.69) is 0 Å². The van der Waals surface area contributed by atoms with Gasteiger partial charge in [0.2, 0.25) is 0 Å². The van der Waals surface area contributed by atoms with Gasteiger partial charge in [-0.25, -0.2) is 0 Å². The molecule has 1 aromatic rings. The quantitative estimate of drug-likeness (QED) is 0.751. The average Bonchev–Trinajstić information content (AvgIpc) is 2.17. The summed E-state index contributed by atoms with van der Waals surface area (Å²) < 4.78 is 11.4. The predicted octanol–water partition coefficient (Wildman–Crippen LogP) is 3.46. The van der Waals surface area contributed by atoms with Gasteiger partial charge in [-0.2, -0.15) is 0 Å². The van der Waals surface area contributed by atoms with E-state index in [-0.39, 0.29) is 11.7 Å². The number of aldehydes is 1. The molecule has 0 fully saturated rings. The molecule has 0 unspecified atom stereocenters. The molecule has 3 nitrogen and oxygen atoms in total. The molecular weight excluding hydrogens is 216 g/mol. The summed E-state index contributed by atoms with van der Waals surface area (Å²) in [5, 5.41) is 0. The van der Waals surface area contributed by atoms with Crippen LogP contribution < -0.4 is 9.47 Å². The van der Waals surface area contributed by atoms with E-state index in [9.17, 15) is 4.79 Å². The summed E-state index contributed by atoms with van der Waals surface area (Å²) in [5.74, 6) is 1.27. The zero-order chi connectivity index (χ0) is 13.1. The van der Waals surface area contributed by atoms with Crippen LogP contribution in [-0.4, -0.2) is 18.0 Å². The van der Waals surface area contributed by atoms with Gasteiger partial charge in [0.05, 0.1) is 6.10 Å². The van der Waals surface area contributed by atoms with Crippen LogP contribution in [0.5, 0.6) is 11.5 Å². The SMILES string of the molecule is CC(C)Oc1ccc(C=O)cc1OC(C)(C)C. The molecule has 0 atom stereocenters. The molecule has 0 N–H and O–H groups in total. The monoisotopic (exact) mass is 236 g/mol. The number of carbonyl (C=O) groups excluding carboxylic acids is 1. The minimum Gasteiger partial charge on any atom is -0.487 e. The standard InChI is InChI=1S/C14H20O3/c1-10(2)16-12-7-6-11(9-15)8-13(12)17-14(3,4)5/h6-10H,1-5H3. The Morgan fingerprint density at radius 2 is 1.82 bits per heavy atom. The zero-order valence-electron chi connectivity index (χ0n) is 11.1. The zero-order valence-corrected chi connectivity index (χ0v) is 11.1. The van der Waals surface area contributed by atoms with Crippen molar-refractivity contribution in [1.29, 1.82) is 0 Å². The van der Waals surface area contributed by atoms with Gasteiger partial charge < -0.3 is 9.47 Å². The minimum atomic E-state index is -0.323. The maximum atomic E-state index is 10.8. The number of hydrogen-bond donors (Lipinski definition) is 0. The van der Waals surface area contributed by atoms with Crippen molar-refractivity contribution in [3.05, 3.63) is 23.8 Å². The lowest BCUT2D eigenvalue weighted by molar-refractivity contribution is 0.111. The molecular formula is C14H20O3. The van der Waals surface area contributed by atoms with Crippen LogP contribution in [0.3, 0.4) is 0 Å². The molecule has 0 amide bonds. The highest BCUT2D eigenvalue weighted by molar-refractivity contribution is 5.76. The van der Waals surface area contributed by atoms with Crippen molar-refractivity contribution in [3.63, 3.8) is 0 Å². The highest BCUT2D eigenvalue weighted by Gasteiger charge is 2.16. The van der Waals surface area contributed by atoms with Crippen LogP contribution in [0.1, 0.15) is 45.0 Å². The fourth-order valence-electron chi connectivity index (χ4n) is 1.36. The average molecular weight is 236 g/mol. The Bertz CT molecular complexity index is 389. The third-order valence-electron chi connectivity index (χ3n) is 1.88. The van der Waals surface area contributed by atoms with Crippen molar-refractivity contribution in [3.8, 4) is 11.5 Å². The van der Waals surface area contributed by atoms with Gasteiger partial charge in [0.15, 0.2) is 11.5 Å². The number of ether oxygens (including phenoxy) is 2. The molecule has 0 radical (unpaired) electrons. The van der Waals surface area contributed by atoms with Crippen molar-refractivity contribution in [2.24, 2.45) is 0 Å². The first kappa shape index (κ1) is 13.6. The van der Waals surface area contributed by atoms with Gasteiger partial charge in [0, 0.05) is 5.56 Å². The van der Waals surface area contributed by atoms with E-state index in [0.29, 0.717) is 17.1 Å². The second kappa shape index (κ2) is 5.21. The summed E-state index contributed by atoms with van der Waals surface area (Å²) in [6.45, 7) is 9.78. The van der Waals surface area contributed by atoms with Crippen molar-refractivity contribution < 1.29 is 14.3 Å². The Morgan fingerprint density at radius 3 is 2.29 bits per heavy atom. The summed E-state index contributed by atoms with van der Waals surface area (Å²) >= 11 is 0. The molecule has 3 heteroatoms. The Morgan fingerprint density at radius 1 is 1.18 bits per heavy atom. The van der Waals surface area contributed by atoms with Crippen molar-refractivity contribution in [2.75, 3.05) is 0 Å². The van der Waals surface area contributed by atoms with E-state index in [1.807, 2.05) is 34.6 Å². The Kier molecular flexibility index (Phi) is 4.16. The lowest BCUT2D eigenvalue weighted by atomic mass is 10.1. The van der Waals surface area contributed by atoms with E-state index in [1.54, 1.807) is 18.2 Å². The van der Waals surface area contributed by atoms with Gasteiger partial charge >= 0.3 is 0 Å². The van der Waals surface area contributed by atoms with Crippen molar-refractivity contribution in [1.82, 2.24) is 0 Å². The van der Waals surface area contributed by atoms with Crippen molar-refractivity contribution >= 4 is 6.29 Å². The normalized spacial score (nSPS) is 11.4. The first-order valence-electron chi connectivity index (χ1n) is 5.77. The van der Waals surface area contributed by atoms with Gasteiger partial charge in [-0.1, -0.05) is 0 Å². The fourth-order valence-corrected chi connectivity index (χ4v) is 1.36. The third-order valence-corrected chi connectivity index (χ3v) is 1.88. The molecule has 0 aliphatic rings. The van der Waals surface area contributed by atoms with Crippen LogP contribution in [0.2, 0.25) is 0 Å². The second-order valence-corrected chi connectivity index (χ2v) is 5.21. The highest BCUT2D eigenvalue weighted by Crippen LogP contribution is 2.31. The van der Waals surface area contributed by atoms with Crippen LogP contribution in [0.25, 0.3) is 0 Å². The lowest BCUT2D eigenvalue weighted by Crippen LogP contribution is -2.23. The van der Waals surface area contributed by atoms with E-state index in [0.717, 1.165) is 6.29 Å². The molecule has 17 heavy (non-hydrogen) atoms. The predicted molar refractivity (Wildman–Crippen MR) is 68.0 cm³/mol. The first-order chi connectivity index (χ1) is 7.81. The Hall–Kier alpha value is -1.51. The largest absolute Gasteiger partial charge is 0.487 e. The van der Waals surface area contributed by atoms with Crippen LogP contribution >= 0.6 is 0 Å². The minimum absolute atomic E-state index is 0.0689. The van der Waals surface area contributed by atoms with E-state index < -0.39 is 0 Å². The molecule has 0 aromatic heterocycles. The third kappa shape index (κ3) is 4.47. The molecule has 1 rings (SSSR count). The van der Waals surface area contributed by atoms with Crippen LogP contribution in [0.15, 0.2) is 18.2 Å². The summed E-state index contributed by atoms with van der Waals surface area (Å²) in [7, 11) is 0. The molecule has 0 saturated carbocycles. The molecule has 1 aromatic carbocycles. The Labute approximate surface area is 103 Å². The molecule has 94 valence electrons. The maximum Gasteiger partial charge on any atom is 0.162 e. The van der Waals surface area contributed by atoms with E-state index in [1.165, 1.54) is 0 Å². The molecule has 0 saturated heterocycles. The molecule has 0 aliphatic carbocycles. The van der Waals surface area contributed by atoms with Gasteiger partial charge in [-0.3, -0.25) is 4.79 Å². The second-order valence-electron chi connectivity index (χ2n) is 5.21. The van der Waals surface area contributed by atoms with Gasteiger partial charge in [-0.15, -0.1) is 0 Å². The van der Waals surface area contributed by atoms with Crippen LogP contribution in [0, 0.1) is 0 Å². The van der Waals surface area contributed by atoms with Gasteiger partial charge in [0.1, 0.15) is 11.9 Å². The number of carbonyl (C=O) groups is 1. The smallest absolute Gasteiger partial charge is 0.162 e. The summed E-state index contributed by atoms with van der Waals surface area (Å²) in [5.41, 5.74) is 0.261. The maximum absolute atomic E-state index is 10.8. The van der Waals surface area contributed by atoms with Crippen LogP contribution in [0.4, 0.5) is 0 Å².